The maximum Gasteiger partial charge on any atom is 0.231 e. The lowest BCUT2D eigenvalue weighted by molar-refractivity contribution is -0.129. The number of nitrogens with zero attached hydrogens (tertiary/aromatic N) is 3. The minimum Gasteiger partial charge on any atom is -0.454 e. The minimum absolute atomic E-state index is 0.0356. The van der Waals surface area contributed by atoms with Crippen molar-refractivity contribution in [2.75, 3.05) is 13.8 Å². The second kappa shape index (κ2) is 5.58. The monoisotopic (exact) mass is 329 g/mol. The van der Waals surface area contributed by atoms with Gasteiger partial charge in [-0.05, 0) is 17.7 Å². The summed E-state index contributed by atoms with van der Waals surface area (Å²) in [7, 11) is 1.80. The van der Waals surface area contributed by atoms with Crippen LogP contribution in [0.1, 0.15) is 11.3 Å². The third-order valence-electron chi connectivity index (χ3n) is 3.76. The average Bonchev–Trinajstić information content (AvgIpc) is 3.21. The van der Waals surface area contributed by atoms with Crippen LogP contribution in [0.4, 0.5) is 0 Å². The predicted octanol–water partition coefficient (Wildman–Crippen LogP) is 2.33. The van der Waals surface area contributed by atoms with Gasteiger partial charge < -0.3 is 14.4 Å². The smallest absolute Gasteiger partial charge is 0.231 e. The number of benzene rings is 1. The molecule has 6 nitrogen and oxygen atoms in total. The van der Waals surface area contributed by atoms with Crippen LogP contribution in [0.5, 0.6) is 11.5 Å². The molecule has 3 aromatic rings. The van der Waals surface area contributed by atoms with Crippen LogP contribution >= 0.6 is 11.3 Å². The van der Waals surface area contributed by atoms with Crippen LogP contribution in [0.3, 0.4) is 0 Å². The summed E-state index contributed by atoms with van der Waals surface area (Å²) in [4.78, 5) is 19.4. The van der Waals surface area contributed by atoms with Crippen molar-refractivity contribution in [3.8, 4) is 11.5 Å². The van der Waals surface area contributed by atoms with Gasteiger partial charge in [0.05, 0.1) is 12.1 Å². The van der Waals surface area contributed by atoms with Crippen LogP contribution in [-0.4, -0.2) is 34.0 Å². The van der Waals surface area contributed by atoms with Crippen molar-refractivity contribution in [1.82, 2.24) is 14.3 Å². The molecule has 0 unspecified atom stereocenters. The highest BCUT2D eigenvalue weighted by molar-refractivity contribution is 7.15. The van der Waals surface area contributed by atoms with Crippen LogP contribution in [0.2, 0.25) is 0 Å². The van der Waals surface area contributed by atoms with Gasteiger partial charge in [-0.2, -0.15) is 0 Å². The number of thiazole rings is 1. The molecule has 1 aliphatic heterocycles. The molecule has 1 aromatic carbocycles. The van der Waals surface area contributed by atoms with E-state index in [0.717, 1.165) is 27.7 Å². The standard InChI is InChI=1S/C16H15N3O3S/c1-18(8-11-2-3-13-14(6-11)22-10-21-13)15(20)7-12-9-19-4-5-23-16(19)17-12/h2-6,9H,7-8,10H2,1H3. The average molecular weight is 329 g/mol. The normalized spacial score (nSPS) is 12.7. The van der Waals surface area contributed by atoms with Crippen LogP contribution in [-0.2, 0) is 17.8 Å². The number of ether oxygens (including phenoxy) is 2. The van der Waals surface area contributed by atoms with Crippen LogP contribution in [0, 0.1) is 0 Å². The van der Waals surface area contributed by atoms with Crippen molar-refractivity contribution in [2.24, 2.45) is 0 Å². The van der Waals surface area contributed by atoms with E-state index in [1.165, 1.54) is 0 Å². The van der Waals surface area contributed by atoms with E-state index < -0.39 is 0 Å². The molecule has 0 saturated heterocycles. The minimum atomic E-state index is 0.0356. The first-order valence-corrected chi connectivity index (χ1v) is 8.10. The van der Waals surface area contributed by atoms with E-state index in [0.29, 0.717) is 13.0 Å². The fourth-order valence-electron chi connectivity index (χ4n) is 2.55. The number of aromatic nitrogens is 2. The number of carbonyl (C=O) groups is 1. The molecule has 3 heterocycles. The Morgan fingerprint density at radius 3 is 3.13 bits per heavy atom. The van der Waals surface area contributed by atoms with Crippen molar-refractivity contribution in [3.05, 3.63) is 47.2 Å². The number of carbonyl (C=O) groups excluding carboxylic acids is 1. The SMILES string of the molecule is CN(Cc1ccc2c(c1)OCO2)C(=O)Cc1cn2ccsc2n1. The molecule has 0 aliphatic carbocycles. The van der Waals surface area contributed by atoms with Gasteiger partial charge in [0.1, 0.15) is 0 Å². The Labute approximate surface area is 136 Å². The fourth-order valence-corrected chi connectivity index (χ4v) is 3.27. The molecule has 7 heteroatoms. The largest absolute Gasteiger partial charge is 0.454 e. The molecule has 0 radical (unpaired) electrons. The van der Waals surface area contributed by atoms with Crippen molar-refractivity contribution in [1.29, 1.82) is 0 Å². The molecule has 0 saturated carbocycles. The zero-order chi connectivity index (χ0) is 15.8. The summed E-state index contributed by atoms with van der Waals surface area (Å²) < 4.78 is 12.6. The molecular formula is C16H15N3O3S. The van der Waals surface area contributed by atoms with Crippen molar-refractivity contribution >= 4 is 22.2 Å². The number of amides is 1. The summed E-state index contributed by atoms with van der Waals surface area (Å²) >= 11 is 1.56. The van der Waals surface area contributed by atoms with Gasteiger partial charge in [-0.3, -0.25) is 9.20 Å². The molecule has 0 bridgehead atoms. The third-order valence-corrected chi connectivity index (χ3v) is 4.53. The van der Waals surface area contributed by atoms with E-state index in [1.54, 1.807) is 23.3 Å². The van der Waals surface area contributed by atoms with Gasteiger partial charge in [0.15, 0.2) is 16.5 Å². The van der Waals surface area contributed by atoms with E-state index in [1.807, 2.05) is 40.4 Å². The molecule has 118 valence electrons. The highest BCUT2D eigenvalue weighted by Crippen LogP contribution is 2.32. The molecule has 4 rings (SSSR count). The number of fused-ring (bicyclic) bond motifs is 2. The summed E-state index contributed by atoms with van der Waals surface area (Å²) in [5, 5.41) is 1.97. The van der Waals surface area contributed by atoms with E-state index in [4.69, 9.17) is 9.47 Å². The van der Waals surface area contributed by atoms with Gasteiger partial charge in [-0.15, -0.1) is 11.3 Å². The van der Waals surface area contributed by atoms with E-state index in [-0.39, 0.29) is 12.7 Å². The van der Waals surface area contributed by atoms with Gasteiger partial charge in [-0.1, -0.05) is 6.07 Å². The highest BCUT2D eigenvalue weighted by Gasteiger charge is 2.16. The number of hydrogen-bond donors (Lipinski definition) is 0. The van der Waals surface area contributed by atoms with E-state index in [9.17, 15) is 4.79 Å². The Balaban J connectivity index is 1.42. The summed E-state index contributed by atoms with van der Waals surface area (Å²) in [6, 6.07) is 5.74. The zero-order valence-electron chi connectivity index (χ0n) is 12.6. The van der Waals surface area contributed by atoms with Crippen LogP contribution in [0.15, 0.2) is 36.0 Å². The molecule has 2 aromatic heterocycles. The Morgan fingerprint density at radius 2 is 2.26 bits per heavy atom. The number of rotatable bonds is 4. The maximum absolute atomic E-state index is 12.4. The third kappa shape index (κ3) is 2.75. The zero-order valence-corrected chi connectivity index (χ0v) is 13.4. The van der Waals surface area contributed by atoms with E-state index >= 15 is 0 Å². The summed E-state index contributed by atoms with van der Waals surface area (Å²) in [5.74, 6) is 1.52. The molecular weight excluding hydrogens is 314 g/mol. The summed E-state index contributed by atoms with van der Waals surface area (Å²) in [6.45, 7) is 0.780. The van der Waals surface area contributed by atoms with Gasteiger partial charge >= 0.3 is 0 Å². The highest BCUT2D eigenvalue weighted by atomic mass is 32.1. The first-order chi connectivity index (χ1) is 11.2. The number of hydrogen-bond acceptors (Lipinski definition) is 5. The molecule has 23 heavy (non-hydrogen) atoms. The Hall–Kier alpha value is -2.54. The lowest BCUT2D eigenvalue weighted by Crippen LogP contribution is -2.27. The Bertz CT molecular complexity index is 842. The quantitative estimate of drug-likeness (QED) is 0.737. The number of likely N-dealkylation sites (N-methyl/N-ethyl adjacent to an activating group) is 1. The van der Waals surface area contributed by atoms with Crippen molar-refractivity contribution in [2.45, 2.75) is 13.0 Å². The summed E-state index contributed by atoms with van der Waals surface area (Å²) in [5.41, 5.74) is 1.80. The second-order valence-electron chi connectivity index (χ2n) is 5.44. The number of imidazole rings is 1. The predicted molar refractivity (Wildman–Crippen MR) is 85.8 cm³/mol. The van der Waals surface area contributed by atoms with Gasteiger partial charge in [-0.25, -0.2) is 4.98 Å². The Morgan fingerprint density at radius 1 is 1.39 bits per heavy atom. The molecule has 0 fully saturated rings. The topological polar surface area (TPSA) is 56.1 Å². The van der Waals surface area contributed by atoms with Gasteiger partial charge in [0.25, 0.3) is 0 Å². The van der Waals surface area contributed by atoms with Gasteiger partial charge in [0, 0.05) is 31.4 Å². The first kappa shape index (κ1) is 14.1. The second-order valence-corrected chi connectivity index (χ2v) is 6.31. The molecule has 0 spiro atoms. The maximum atomic E-state index is 12.4. The lowest BCUT2D eigenvalue weighted by Gasteiger charge is -2.17. The first-order valence-electron chi connectivity index (χ1n) is 7.22. The molecule has 0 N–H and O–H groups in total. The molecule has 0 atom stereocenters. The fraction of sp³-hybridized carbons (Fsp3) is 0.250. The Kier molecular flexibility index (Phi) is 3.42. The van der Waals surface area contributed by atoms with Crippen molar-refractivity contribution < 1.29 is 14.3 Å². The van der Waals surface area contributed by atoms with E-state index in [2.05, 4.69) is 4.98 Å². The summed E-state index contributed by atoms with van der Waals surface area (Å²) in [6.07, 6.45) is 4.14. The van der Waals surface area contributed by atoms with Crippen LogP contribution < -0.4 is 9.47 Å². The van der Waals surface area contributed by atoms with Crippen LogP contribution in [0.25, 0.3) is 4.96 Å². The van der Waals surface area contributed by atoms with Gasteiger partial charge in [0.2, 0.25) is 12.7 Å². The molecule has 1 aliphatic rings. The molecule has 1 amide bonds. The van der Waals surface area contributed by atoms with Crippen molar-refractivity contribution in [3.63, 3.8) is 0 Å². The lowest BCUT2D eigenvalue weighted by atomic mass is 10.2.